The summed E-state index contributed by atoms with van der Waals surface area (Å²) in [6.45, 7) is 2.16. The van der Waals surface area contributed by atoms with Gasteiger partial charge in [-0.15, -0.1) is 12.3 Å². The molecule has 0 nitrogen and oxygen atoms in total. The summed E-state index contributed by atoms with van der Waals surface area (Å²) in [6.07, 6.45) is 7.49. The zero-order valence-corrected chi connectivity index (χ0v) is 4.57. The molecule has 1 radical (unpaired) electrons. The second kappa shape index (κ2) is 1.58. The van der Waals surface area contributed by atoms with Gasteiger partial charge in [-0.2, -0.15) is 0 Å². The van der Waals surface area contributed by atoms with Crippen LogP contribution in [-0.2, 0) is 0 Å². The normalized spacial score (nSPS) is 23.4. The summed E-state index contributed by atoms with van der Waals surface area (Å²) in [5.41, 5.74) is 0. The van der Waals surface area contributed by atoms with Gasteiger partial charge in [-0.25, -0.2) is 0 Å². The third kappa shape index (κ3) is 0.771. The second-order valence-corrected chi connectivity index (χ2v) is 2.23. The zero-order chi connectivity index (χ0) is 5.28. The lowest BCUT2D eigenvalue weighted by atomic mass is 9.77. The maximum absolute atomic E-state index is 5.13. The van der Waals surface area contributed by atoms with Crippen molar-refractivity contribution in [3.63, 3.8) is 0 Å². The summed E-state index contributed by atoms with van der Waals surface area (Å²) in [4.78, 5) is 0. The molecule has 1 rings (SSSR count). The Labute approximate surface area is 44.9 Å². The fourth-order valence-corrected chi connectivity index (χ4v) is 0.899. The van der Waals surface area contributed by atoms with Gasteiger partial charge in [0.25, 0.3) is 0 Å². The summed E-state index contributed by atoms with van der Waals surface area (Å²) in [5.74, 6) is 4.85. The van der Waals surface area contributed by atoms with Crippen molar-refractivity contribution in [2.75, 3.05) is 0 Å². The molecule has 0 spiro atoms. The molecule has 0 atom stereocenters. The summed E-state index contributed by atoms with van der Waals surface area (Å²) in [6, 6.07) is 0. The van der Waals surface area contributed by atoms with Gasteiger partial charge in [0, 0.05) is 5.92 Å². The maximum atomic E-state index is 5.13. The summed E-state index contributed by atoms with van der Waals surface area (Å²) >= 11 is 0. The molecule has 0 amide bonds. The van der Waals surface area contributed by atoms with Gasteiger partial charge >= 0.3 is 0 Å². The van der Waals surface area contributed by atoms with Crippen LogP contribution in [0.5, 0.6) is 0 Å². The van der Waals surface area contributed by atoms with E-state index in [9.17, 15) is 0 Å². The van der Waals surface area contributed by atoms with Gasteiger partial charge < -0.3 is 0 Å². The first kappa shape index (κ1) is 4.71. The predicted molar refractivity (Wildman–Crippen MR) is 30.5 cm³/mol. The number of terminal acetylenes is 1. The number of hydrogen-bond acceptors (Lipinski definition) is 0. The minimum atomic E-state index is 0.583. The van der Waals surface area contributed by atoms with Crippen LogP contribution in [-0.4, -0.2) is 0 Å². The van der Waals surface area contributed by atoms with Crippen molar-refractivity contribution in [3.05, 3.63) is 5.92 Å². The Bertz CT molecular complexity index is 91.1. The Hall–Kier alpha value is -0.440. The van der Waals surface area contributed by atoms with Crippen LogP contribution in [0.2, 0.25) is 0 Å². The third-order valence-electron chi connectivity index (χ3n) is 1.43. The van der Waals surface area contributed by atoms with Crippen LogP contribution in [0, 0.1) is 24.2 Å². The van der Waals surface area contributed by atoms with Crippen molar-refractivity contribution in [1.82, 2.24) is 0 Å². The van der Waals surface area contributed by atoms with Gasteiger partial charge in [0.15, 0.2) is 0 Å². The molecular weight excluding hydrogens is 84.1 g/mol. The van der Waals surface area contributed by atoms with Crippen molar-refractivity contribution >= 4 is 0 Å². The molecule has 0 bridgehead atoms. The molecule has 7 heavy (non-hydrogen) atoms. The zero-order valence-electron chi connectivity index (χ0n) is 4.57. The van der Waals surface area contributed by atoms with Crippen molar-refractivity contribution in [2.24, 2.45) is 5.92 Å². The van der Waals surface area contributed by atoms with E-state index in [2.05, 4.69) is 12.8 Å². The maximum Gasteiger partial charge on any atom is 0.0211 e. The van der Waals surface area contributed by atoms with E-state index in [4.69, 9.17) is 6.42 Å². The third-order valence-corrected chi connectivity index (χ3v) is 1.43. The first-order valence-electron chi connectivity index (χ1n) is 2.60. The highest BCUT2D eigenvalue weighted by molar-refractivity contribution is 5.11. The average Bonchev–Trinajstić information content (AvgIpc) is 1.58. The molecule has 1 fully saturated rings. The largest absolute Gasteiger partial charge is 0.120 e. The van der Waals surface area contributed by atoms with Crippen LogP contribution in [0.4, 0.5) is 0 Å². The Kier molecular flexibility index (Phi) is 1.06. The van der Waals surface area contributed by atoms with Crippen LogP contribution in [0.1, 0.15) is 19.8 Å². The smallest absolute Gasteiger partial charge is 0.0211 e. The topological polar surface area (TPSA) is 0 Å². The highest BCUT2D eigenvalue weighted by atomic mass is 14.3. The molecule has 1 saturated carbocycles. The quantitative estimate of drug-likeness (QED) is 0.399. The standard InChI is InChI=1S/C7H9/c1-3-7-4-6(2)5-7/h1,7H,4-5H2,2H3. The van der Waals surface area contributed by atoms with Gasteiger partial charge in [0.05, 0.1) is 0 Å². The highest BCUT2D eigenvalue weighted by Gasteiger charge is 2.22. The Morgan fingerprint density at radius 1 is 1.71 bits per heavy atom. The van der Waals surface area contributed by atoms with Crippen molar-refractivity contribution in [1.29, 1.82) is 0 Å². The molecule has 0 aromatic carbocycles. The Balaban J connectivity index is 2.21. The molecule has 0 heteroatoms. The first-order valence-corrected chi connectivity index (χ1v) is 2.60. The van der Waals surface area contributed by atoms with Gasteiger partial charge in [0.1, 0.15) is 0 Å². The lowest BCUT2D eigenvalue weighted by Crippen LogP contribution is -2.16. The first-order chi connectivity index (χ1) is 3.33. The van der Waals surface area contributed by atoms with Gasteiger partial charge in [-0.1, -0.05) is 6.92 Å². The molecule has 0 heterocycles. The van der Waals surface area contributed by atoms with E-state index in [1.807, 2.05) is 0 Å². The molecule has 1 aliphatic rings. The summed E-state index contributed by atoms with van der Waals surface area (Å²) in [5, 5.41) is 0. The molecule has 0 unspecified atom stereocenters. The van der Waals surface area contributed by atoms with Crippen LogP contribution in [0.25, 0.3) is 0 Å². The second-order valence-electron chi connectivity index (χ2n) is 2.23. The van der Waals surface area contributed by atoms with Gasteiger partial charge in [-0.05, 0) is 18.8 Å². The molecule has 0 aromatic heterocycles. The van der Waals surface area contributed by atoms with Gasteiger partial charge in [0.2, 0.25) is 0 Å². The van der Waals surface area contributed by atoms with E-state index >= 15 is 0 Å². The van der Waals surface area contributed by atoms with Crippen LogP contribution in [0.3, 0.4) is 0 Å². The predicted octanol–water partition coefficient (Wildman–Crippen LogP) is 1.62. The SMILES string of the molecule is C#CC1C[C](C)C1. The molecular formula is C7H9. The van der Waals surface area contributed by atoms with Crippen molar-refractivity contribution in [2.45, 2.75) is 19.8 Å². The monoisotopic (exact) mass is 93.1 g/mol. The van der Waals surface area contributed by atoms with E-state index in [0.29, 0.717) is 5.92 Å². The van der Waals surface area contributed by atoms with E-state index in [1.165, 1.54) is 12.8 Å². The lowest BCUT2D eigenvalue weighted by Gasteiger charge is -2.27. The summed E-state index contributed by atoms with van der Waals surface area (Å²) < 4.78 is 0. The fraction of sp³-hybridized carbons (Fsp3) is 0.571. The van der Waals surface area contributed by atoms with Crippen LogP contribution < -0.4 is 0 Å². The molecule has 0 aliphatic heterocycles. The van der Waals surface area contributed by atoms with Crippen LogP contribution >= 0.6 is 0 Å². The summed E-state index contributed by atoms with van der Waals surface area (Å²) in [7, 11) is 0. The van der Waals surface area contributed by atoms with Crippen molar-refractivity contribution < 1.29 is 0 Å². The molecule has 0 aromatic rings. The van der Waals surface area contributed by atoms with Gasteiger partial charge in [-0.3, -0.25) is 0 Å². The Morgan fingerprint density at radius 2 is 2.29 bits per heavy atom. The molecule has 37 valence electrons. The number of hydrogen-bond donors (Lipinski definition) is 0. The van der Waals surface area contributed by atoms with Crippen LogP contribution in [0.15, 0.2) is 0 Å². The highest BCUT2D eigenvalue weighted by Crippen LogP contribution is 2.33. The Morgan fingerprint density at radius 3 is 2.43 bits per heavy atom. The minimum absolute atomic E-state index is 0.583. The molecule has 0 N–H and O–H groups in total. The van der Waals surface area contributed by atoms with Crippen molar-refractivity contribution in [3.8, 4) is 12.3 Å². The average molecular weight is 93.1 g/mol. The number of rotatable bonds is 0. The van der Waals surface area contributed by atoms with E-state index in [1.54, 1.807) is 5.92 Å². The lowest BCUT2D eigenvalue weighted by molar-refractivity contribution is 0.450. The molecule has 0 saturated heterocycles. The van der Waals surface area contributed by atoms with E-state index in [0.717, 1.165) is 0 Å². The fourth-order valence-electron chi connectivity index (χ4n) is 0.899. The van der Waals surface area contributed by atoms with E-state index < -0.39 is 0 Å². The van der Waals surface area contributed by atoms with E-state index in [-0.39, 0.29) is 0 Å². The minimum Gasteiger partial charge on any atom is -0.120 e. The molecule has 1 aliphatic carbocycles.